The van der Waals surface area contributed by atoms with Crippen molar-refractivity contribution < 1.29 is 14.7 Å². The molecule has 0 bridgehead atoms. The Hall–Kier alpha value is -0.835. The quantitative estimate of drug-likeness (QED) is 0.504. The first kappa shape index (κ1) is 7.80. The van der Waals surface area contributed by atoms with Crippen molar-refractivity contribution in [3.63, 3.8) is 0 Å². The topological polar surface area (TPSA) is 49.7 Å². The molecule has 0 amide bonds. The molecule has 0 saturated heterocycles. The van der Waals surface area contributed by atoms with Crippen molar-refractivity contribution in [2.24, 2.45) is 0 Å². The highest BCUT2D eigenvalue weighted by Crippen LogP contribution is 2.10. The van der Waals surface area contributed by atoms with Crippen LogP contribution in [0, 0.1) is 0 Å². The van der Waals surface area contributed by atoms with Crippen molar-refractivity contribution >= 4 is 12.2 Å². The van der Waals surface area contributed by atoms with E-state index in [1.165, 1.54) is 0 Å². The molecule has 0 aromatic heterocycles. The lowest BCUT2D eigenvalue weighted by molar-refractivity contribution is 0.159. The Morgan fingerprint density at radius 1 is 1.25 bits per heavy atom. The first-order valence-electron chi connectivity index (χ1n) is 4.01. The zero-order chi connectivity index (χ0) is 8.60. The third-order valence-electron chi connectivity index (χ3n) is 2.18. The number of hydrogen-bond acceptors (Lipinski definition) is 3. The minimum absolute atomic E-state index is 0.379. The third-order valence-corrected chi connectivity index (χ3v) is 2.18. The van der Waals surface area contributed by atoms with Gasteiger partial charge >= 0.3 is 6.75 Å². The molecule has 2 N–H and O–H groups in total. The van der Waals surface area contributed by atoms with Crippen molar-refractivity contribution in [2.75, 3.05) is 6.61 Å². The summed E-state index contributed by atoms with van der Waals surface area (Å²) in [5.74, 6) is 0. The van der Waals surface area contributed by atoms with Gasteiger partial charge in [0.1, 0.15) is 0 Å². The minimum atomic E-state index is -2.73. The molecule has 0 saturated carbocycles. The van der Waals surface area contributed by atoms with Crippen LogP contribution in [0.2, 0.25) is 0 Å². The highest BCUT2D eigenvalue weighted by atomic mass is 16.6. The van der Waals surface area contributed by atoms with E-state index in [-0.39, 0.29) is 0 Å². The number of hydrogen-bond donors (Lipinski definition) is 2. The van der Waals surface area contributed by atoms with Crippen LogP contribution < -0.4 is 5.46 Å². The van der Waals surface area contributed by atoms with Crippen LogP contribution in [-0.2, 0) is 11.1 Å². The number of benzene rings is 1. The van der Waals surface area contributed by atoms with Crippen LogP contribution in [0.5, 0.6) is 0 Å². The molecule has 0 radical (unpaired) electrons. The van der Waals surface area contributed by atoms with Gasteiger partial charge in [0, 0.05) is 6.61 Å². The van der Waals surface area contributed by atoms with Gasteiger partial charge in [0.2, 0.25) is 0 Å². The lowest BCUT2D eigenvalue weighted by atomic mass is 9.66. The van der Waals surface area contributed by atoms with E-state index in [2.05, 4.69) is 0 Å². The van der Waals surface area contributed by atoms with Crippen LogP contribution in [0.4, 0.5) is 0 Å². The van der Waals surface area contributed by atoms with Crippen LogP contribution in [0.3, 0.4) is 0 Å². The molecule has 64 valence electrons. The fourth-order valence-electron chi connectivity index (χ4n) is 1.55. The van der Waals surface area contributed by atoms with E-state index in [0.717, 1.165) is 12.0 Å². The van der Waals surface area contributed by atoms with Gasteiger partial charge in [-0.25, -0.2) is 0 Å². The maximum Gasteiger partial charge on any atom is 0.405 e. The van der Waals surface area contributed by atoms with E-state index in [1.54, 1.807) is 12.1 Å². The predicted octanol–water partition coefficient (Wildman–Crippen LogP) is -0.610. The maximum atomic E-state index is 9.42. The van der Waals surface area contributed by atoms with Gasteiger partial charge in [0.25, 0.3) is 0 Å². The van der Waals surface area contributed by atoms with E-state index in [1.807, 2.05) is 12.1 Å². The summed E-state index contributed by atoms with van der Waals surface area (Å²) in [6.07, 6.45) is 0.751. The molecule has 1 aromatic carbocycles. The summed E-state index contributed by atoms with van der Waals surface area (Å²) in [6, 6.07) is 7.24. The monoisotopic (exact) mass is 165 g/mol. The van der Waals surface area contributed by atoms with E-state index in [4.69, 9.17) is 4.65 Å². The zero-order valence-corrected chi connectivity index (χ0v) is 6.60. The van der Waals surface area contributed by atoms with Crippen molar-refractivity contribution in [3.05, 3.63) is 29.8 Å². The summed E-state index contributed by atoms with van der Waals surface area (Å²) < 4.78 is 4.87. The molecule has 1 aromatic rings. The number of rotatable bonds is 0. The predicted molar refractivity (Wildman–Crippen MR) is 45.9 cm³/mol. The Bertz CT molecular complexity index is 298. The van der Waals surface area contributed by atoms with Gasteiger partial charge in [-0.2, -0.15) is 0 Å². The van der Waals surface area contributed by atoms with Crippen molar-refractivity contribution in [1.29, 1.82) is 0 Å². The average Bonchev–Trinajstić information content (AvgIpc) is 2.04. The second kappa shape index (κ2) is 2.59. The summed E-state index contributed by atoms with van der Waals surface area (Å²) in [5.41, 5.74) is 1.48. The lowest BCUT2D eigenvalue weighted by Crippen LogP contribution is -2.56. The molecule has 4 heteroatoms. The first-order valence-corrected chi connectivity index (χ1v) is 4.01. The van der Waals surface area contributed by atoms with Gasteiger partial charge in [-0.05, 0) is 6.42 Å². The van der Waals surface area contributed by atoms with Gasteiger partial charge in [-0.3, -0.25) is 0 Å². The van der Waals surface area contributed by atoms with Crippen LogP contribution >= 0.6 is 0 Å². The molecule has 3 nitrogen and oxygen atoms in total. The Kier molecular flexibility index (Phi) is 1.68. The SMILES string of the molecule is O[B-]1(O)OCCc2ccccc21. The molecule has 1 aliphatic heterocycles. The molecular formula is C8H10BO3-. The highest BCUT2D eigenvalue weighted by molar-refractivity contribution is 6.73. The molecule has 1 heterocycles. The molecule has 2 rings (SSSR count). The summed E-state index contributed by atoms with van der Waals surface area (Å²) in [7, 11) is 0. The lowest BCUT2D eigenvalue weighted by Gasteiger charge is -2.36. The zero-order valence-electron chi connectivity index (χ0n) is 6.60. The molecule has 0 atom stereocenters. The second-order valence-corrected chi connectivity index (χ2v) is 3.02. The van der Waals surface area contributed by atoms with Crippen LogP contribution in [0.15, 0.2) is 24.3 Å². The third kappa shape index (κ3) is 1.14. The largest absolute Gasteiger partial charge is 0.556 e. The van der Waals surface area contributed by atoms with Crippen LogP contribution in [0.25, 0.3) is 0 Å². The van der Waals surface area contributed by atoms with Gasteiger partial charge in [-0.15, -0.1) is 5.46 Å². The average molecular weight is 165 g/mol. The molecule has 0 unspecified atom stereocenters. The Labute approximate surface area is 70.6 Å². The van der Waals surface area contributed by atoms with E-state index in [0.29, 0.717) is 12.1 Å². The molecule has 1 aliphatic rings. The summed E-state index contributed by atoms with van der Waals surface area (Å²) in [6.45, 7) is -2.35. The van der Waals surface area contributed by atoms with Gasteiger partial charge in [0.15, 0.2) is 0 Å². The minimum Gasteiger partial charge on any atom is -0.556 e. The van der Waals surface area contributed by atoms with Gasteiger partial charge in [-0.1, -0.05) is 29.8 Å². The summed E-state index contributed by atoms with van der Waals surface area (Å²) >= 11 is 0. The first-order chi connectivity index (χ1) is 5.70. The highest BCUT2D eigenvalue weighted by Gasteiger charge is 2.28. The summed E-state index contributed by atoms with van der Waals surface area (Å²) in [5, 5.41) is 18.8. The second-order valence-electron chi connectivity index (χ2n) is 3.02. The fraction of sp³-hybridized carbons (Fsp3) is 0.250. The van der Waals surface area contributed by atoms with Gasteiger partial charge in [0.05, 0.1) is 0 Å². The van der Waals surface area contributed by atoms with E-state index >= 15 is 0 Å². The molecule has 0 aliphatic carbocycles. The fourth-order valence-corrected chi connectivity index (χ4v) is 1.55. The van der Waals surface area contributed by atoms with Crippen molar-refractivity contribution in [3.8, 4) is 0 Å². The summed E-state index contributed by atoms with van der Waals surface area (Å²) in [4.78, 5) is 0. The Balaban J connectivity index is 2.52. The molecule has 0 fully saturated rings. The van der Waals surface area contributed by atoms with Crippen molar-refractivity contribution in [1.82, 2.24) is 0 Å². The molecule has 0 spiro atoms. The number of fused-ring (bicyclic) bond motifs is 1. The normalized spacial score (nSPS) is 20.2. The van der Waals surface area contributed by atoms with Gasteiger partial charge < -0.3 is 14.7 Å². The maximum absolute atomic E-state index is 9.42. The van der Waals surface area contributed by atoms with E-state index in [9.17, 15) is 10.0 Å². The smallest absolute Gasteiger partial charge is 0.405 e. The molecule has 12 heavy (non-hydrogen) atoms. The van der Waals surface area contributed by atoms with Crippen LogP contribution in [-0.4, -0.2) is 23.4 Å². The van der Waals surface area contributed by atoms with Crippen LogP contribution in [0.1, 0.15) is 5.56 Å². The standard InChI is InChI=1S/C8H10BO3/c10-9(11)8-4-2-1-3-7(8)5-6-12-9/h1-4,10-11H,5-6H2/q-1. The van der Waals surface area contributed by atoms with E-state index < -0.39 is 6.75 Å². The molecular weight excluding hydrogens is 155 g/mol. The Morgan fingerprint density at radius 3 is 2.75 bits per heavy atom. The Morgan fingerprint density at radius 2 is 2.00 bits per heavy atom. The van der Waals surface area contributed by atoms with Crippen molar-refractivity contribution in [2.45, 2.75) is 6.42 Å².